The van der Waals surface area contributed by atoms with Gasteiger partial charge in [0.15, 0.2) is 11.5 Å². The highest BCUT2D eigenvalue weighted by Crippen LogP contribution is 2.33. The summed E-state index contributed by atoms with van der Waals surface area (Å²) in [4.78, 5) is 12.8. The Morgan fingerprint density at radius 1 is 1.06 bits per heavy atom. The van der Waals surface area contributed by atoms with Gasteiger partial charge in [0.2, 0.25) is 15.9 Å². The Morgan fingerprint density at radius 2 is 1.75 bits per heavy atom. The first-order valence-electron chi connectivity index (χ1n) is 11.2. The molecule has 2 aliphatic heterocycles. The highest BCUT2D eigenvalue weighted by atomic mass is 32.2. The van der Waals surface area contributed by atoms with E-state index < -0.39 is 10.0 Å². The molecule has 0 aliphatic carbocycles. The van der Waals surface area contributed by atoms with Crippen molar-refractivity contribution in [2.45, 2.75) is 37.0 Å². The molecule has 2 heterocycles. The van der Waals surface area contributed by atoms with Crippen molar-refractivity contribution in [2.24, 2.45) is 5.92 Å². The van der Waals surface area contributed by atoms with Crippen molar-refractivity contribution in [3.05, 3.63) is 54.1 Å². The number of hydrogen-bond donors (Lipinski definition) is 1. The van der Waals surface area contributed by atoms with Gasteiger partial charge >= 0.3 is 0 Å². The maximum atomic E-state index is 13.1. The molecule has 0 radical (unpaired) electrons. The number of nitrogens with one attached hydrogen (secondary N) is 1. The van der Waals surface area contributed by atoms with Crippen molar-refractivity contribution in [1.29, 1.82) is 0 Å². The fourth-order valence-corrected chi connectivity index (χ4v) is 5.59. The summed E-state index contributed by atoms with van der Waals surface area (Å²) < 4.78 is 39.0. The number of rotatable bonds is 6. The van der Waals surface area contributed by atoms with Crippen LogP contribution in [0.4, 0.5) is 0 Å². The van der Waals surface area contributed by atoms with Crippen LogP contribution in [0.1, 0.15) is 37.7 Å². The van der Waals surface area contributed by atoms with Crippen LogP contribution in [0.3, 0.4) is 0 Å². The average molecular weight is 459 g/mol. The van der Waals surface area contributed by atoms with Crippen LogP contribution in [0.5, 0.6) is 11.5 Å². The van der Waals surface area contributed by atoms with Crippen LogP contribution in [0.2, 0.25) is 0 Å². The molecular formula is C24H30N2O5S. The first kappa shape index (κ1) is 22.6. The third kappa shape index (κ3) is 5.07. The van der Waals surface area contributed by atoms with Crippen LogP contribution in [0, 0.1) is 5.92 Å². The van der Waals surface area contributed by atoms with Crippen molar-refractivity contribution in [3.8, 4) is 11.5 Å². The van der Waals surface area contributed by atoms with Gasteiger partial charge < -0.3 is 14.8 Å². The normalized spacial score (nSPS) is 18.5. The lowest BCUT2D eigenvalue weighted by Gasteiger charge is -2.31. The lowest BCUT2D eigenvalue weighted by Crippen LogP contribution is -2.43. The molecule has 8 heteroatoms. The Hall–Kier alpha value is -2.58. The lowest BCUT2D eigenvalue weighted by atomic mass is 9.96. The molecule has 2 aliphatic rings. The number of hydrogen-bond acceptors (Lipinski definition) is 5. The van der Waals surface area contributed by atoms with E-state index in [9.17, 15) is 13.2 Å². The number of fused-ring (bicyclic) bond motifs is 1. The van der Waals surface area contributed by atoms with E-state index in [4.69, 9.17) is 9.47 Å². The number of benzene rings is 2. The SMILES string of the molecule is CC(CNC(=O)C1CCN(S(=O)(=O)c2ccc3c(c2)OCCCO3)CC1)c1ccccc1. The van der Waals surface area contributed by atoms with E-state index in [1.54, 1.807) is 18.2 Å². The molecule has 1 amide bonds. The minimum absolute atomic E-state index is 0.000378. The molecule has 0 aromatic heterocycles. The fraction of sp³-hybridized carbons (Fsp3) is 0.458. The van der Waals surface area contributed by atoms with Gasteiger partial charge in [-0.25, -0.2) is 8.42 Å². The topological polar surface area (TPSA) is 84.9 Å². The van der Waals surface area contributed by atoms with Gasteiger partial charge in [-0.15, -0.1) is 0 Å². The maximum absolute atomic E-state index is 13.1. The zero-order chi connectivity index (χ0) is 22.6. The van der Waals surface area contributed by atoms with E-state index >= 15 is 0 Å². The van der Waals surface area contributed by atoms with Gasteiger partial charge in [-0.2, -0.15) is 4.31 Å². The van der Waals surface area contributed by atoms with E-state index in [-0.39, 0.29) is 22.6 Å². The molecule has 1 N–H and O–H groups in total. The van der Waals surface area contributed by atoms with Crippen molar-refractivity contribution in [3.63, 3.8) is 0 Å². The summed E-state index contributed by atoms with van der Waals surface area (Å²) >= 11 is 0. The second-order valence-electron chi connectivity index (χ2n) is 8.39. The molecule has 2 aromatic rings. The third-order valence-corrected chi connectivity index (χ3v) is 8.03. The van der Waals surface area contributed by atoms with Crippen LogP contribution < -0.4 is 14.8 Å². The summed E-state index contributed by atoms with van der Waals surface area (Å²) in [5.74, 6) is 1.08. The first-order chi connectivity index (χ1) is 15.4. The summed E-state index contributed by atoms with van der Waals surface area (Å²) in [6, 6.07) is 14.8. The van der Waals surface area contributed by atoms with E-state index in [0.717, 1.165) is 6.42 Å². The molecule has 1 saturated heterocycles. The van der Waals surface area contributed by atoms with E-state index in [1.807, 2.05) is 18.2 Å². The predicted octanol–water partition coefficient (Wildman–Crippen LogP) is 3.17. The summed E-state index contributed by atoms with van der Waals surface area (Å²) in [6.45, 7) is 4.35. The van der Waals surface area contributed by atoms with Gasteiger partial charge in [0.1, 0.15) is 0 Å². The standard InChI is InChI=1S/C24H30N2O5S/c1-18(19-6-3-2-4-7-19)17-25-24(27)20-10-12-26(13-11-20)32(28,29)21-8-9-22-23(16-21)31-15-5-14-30-22/h2-4,6-9,16,18,20H,5,10-15,17H2,1H3,(H,25,27). The quantitative estimate of drug-likeness (QED) is 0.719. The molecule has 172 valence electrons. The van der Waals surface area contributed by atoms with Gasteiger partial charge in [0.25, 0.3) is 0 Å². The van der Waals surface area contributed by atoms with Gasteiger partial charge in [0.05, 0.1) is 18.1 Å². The Bertz CT molecular complexity index is 1030. The molecule has 4 rings (SSSR count). The number of ether oxygens (including phenoxy) is 2. The number of piperidine rings is 1. The molecule has 0 saturated carbocycles. The molecule has 2 aromatic carbocycles. The number of amides is 1. The van der Waals surface area contributed by atoms with E-state index in [0.29, 0.717) is 57.2 Å². The average Bonchev–Trinajstić information content (AvgIpc) is 3.08. The van der Waals surface area contributed by atoms with Gasteiger partial charge in [-0.1, -0.05) is 37.3 Å². The van der Waals surface area contributed by atoms with Crippen LogP contribution in [0.15, 0.2) is 53.4 Å². The zero-order valence-corrected chi connectivity index (χ0v) is 19.1. The zero-order valence-electron chi connectivity index (χ0n) is 18.3. The molecule has 7 nitrogen and oxygen atoms in total. The molecular weight excluding hydrogens is 428 g/mol. The van der Waals surface area contributed by atoms with Crippen LogP contribution in [-0.4, -0.2) is 51.5 Å². The summed E-state index contributed by atoms with van der Waals surface area (Å²) in [7, 11) is -3.65. The fourth-order valence-electron chi connectivity index (χ4n) is 4.11. The minimum atomic E-state index is -3.65. The van der Waals surface area contributed by atoms with Crippen molar-refractivity contribution in [2.75, 3.05) is 32.8 Å². The smallest absolute Gasteiger partial charge is 0.243 e. The molecule has 1 atom stereocenters. The predicted molar refractivity (Wildman–Crippen MR) is 121 cm³/mol. The Labute approximate surface area is 189 Å². The van der Waals surface area contributed by atoms with Crippen molar-refractivity contribution < 1.29 is 22.7 Å². The van der Waals surface area contributed by atoms with Gasteiger partial charge in [-0.05, 0) is 36.5 Å². The van der Waals surface area contributed by atoms with Crippen LogP contribution in [0.25, 0.3) is 0 Å². The Morgan fingerprint density at radius 3 is 2.47 bits per heavy atom. The van der Waals surface area contributed by atoms with Gasteiger partial charge in [0, 0.05) is 38.0 Å². The number of carbonyl (C=O) groups is 1. The lowest BCUT2D eigenvalue weighted by molar-refractivity contribution is -0.126. The second-order valence-corrected chi connectivity index (χ2v) is 10.3. The van der Waals surface area contributed by atoms with Crippen LogP contribution >= 0.6 is 0 Å². The molecule has 0 spiro atoms. The third-order valence-electron chi connectivity index (χ3n) is 6.13. The minimum Gasteiger partial charge on any atom is -0.490 e. The molecule has 32 heavy (non-hydrogen) atoms. The first-order valence-corrected chi connectivity index (χ1v) is 12.6. The highest BCUT2D eigenvalue weighted by Gasteiger charge is 2.32. The number of nitrogens with zero attached hydrogens (tertiary/aromatic N) is 1. The van der Waals surface area contributed by atoms with Crippen LogP contribution in [-0.2, 0) is 14.8 Å². The summed E-state index contributed by atoms with van der Waals surface area (Å²) in [5.41, 5.74) is 1.18. The van der Waals surface area contributed by atoms with Crippen molar-refractivity contribution >= 4 is 15.9 Å². The monoisotopic (exact) mass is 458 g/mol. The van der Waals surface area contributed by atoms with E-state index in [1.165, 1.54) is 9.87 Å². The number of carbonyl (C=O) groups excluding carboxylic acids is 1. The largest absolute Gasteiger partial charge is 0.490 e. The molecule has 1 unspecified atom stereocenters. The van der Waals surface area contributed by atoms with E-state index in [2.05, 4.69) is 24.4 Å². The summed E-state index contributed by atoms with van der Waals surface area (Å²) in [6.07, 6.45) is 1.78. The Kier molecular flexibility index (Phi) is 7.01. The van der Waals surface area contributed by atoms with Crippen molar-refractivity contribution in [1.82, 2.24) is 9.62 Å². The second kappa shape index (κ2) is 9.92. The van der Waals surface area contributed by atoms with Gasteiger partial charge in [-0.3, -0.25) is 4.79 Å². The molecule has 1 fully saturated rings. The Balaban J connectivity index is 1.32. The highest BCUT2D eigenvalue weighted by molar-refractivity contribution is 7.89. The maximum Gasteiger partial charge on any atom is 0.243 e. The summed E-state index contributed by atoms with van der Waals surface area (Å²) in [5, 5.41) is 3.04. The number of sulfonamides is 1. The molecule has 0 bridgehead atoms.